The van der Waals surface area contributed by atoms with Gasteiger partial charge < -0.3 is 10.1 Å². The van der Waals surface area contributed by atoms with Crippen molar-refractivity contribution in [2.45, 2.75) is 13.0 Å². The SMILES string of the molecule is COC(=O)c1ccc(Cl)c(NC(=O)C(C)N(c2cccc(Cl)c2)S(C)(=O)=O)c1. The van der Waals surface area contributed by atoms with Gasteiger partial charge in [0.25, 0.3) is 0 Å². The number of hydrogen-bond donors (Lipinski definition) is 1. The van der Waals surface area contributed by atoms with Gasteiger partial charge in [0.15, 0.2) is 0 Å². The Morgan fingerprint density at radius 1 is 1.14 bits per heavy atom. The minimum absolute atomic E-state index is 0.154. The lowest BCUT2D eigenvalue weighted by Gasteiger charge is -2.28. The molecule has 0 aromatic heterocycles. The van der Waals surface area contributed by atoms with Crippen LogP contribution in [0.4, 0.5) is 11.4 Å². The molecule has 1 atom stereocenters. The molecule has 2 aromatic rings. The van der Waals surface area contributed by atoms with E-state index in [2.05, 4.69) is 10.1 Å². The zero-order valence-electron chi connectivity index (χ0n) is 15.3. The zero-order valence-corrected chi connectivity index (χ0v) is 17.6. The Balaban J connectivity index is 2.35. The summed E-state index contributed by atoms with van der Waals surface area (Å²) in [4.78, 5) is 24.4. The second-order valence-corrected chi connectivity index (χ2v) is 8.59. The molecule has 10 heteroatoms. The van der Waals surface area contributed by atoms with Crippen molar-refractivity contribution in [2.24, 2.45) is 0 Å². The second-order valence-electron chi connectivity index (χ2n) is 5.89. The standard InChI is InChI=1S/C18H18Cl2N2O5S/c1-11(22(28(3,25)26)14-6-4-5-13(19)10-14)17(23)21-16-9-12(18(24)27-2)7-8-15(16)20/h4-11H,1-3H3,(H,21,23). The number of anilines is 2. The summed E-state index contributed by atoms with van der Waals surface area (Å²) in [6, 6.07) is 9.25. The van der Waals surface area contributed by atoms with E-state index in [1.165, 1.54) is 44.4 Å². The largest absolute Gasteiger partial charge is 0.465 e. The Labute approximate surface area is 173 Å². The third-order valence-electron chi connectivity index (χ3n) is 3.80. The predicted molar refractivity (Wildman–Crippen MR) is 110 cm³/mol. The van der Waals surface area contributed by atoms with Gasteiger partial charge in [-0.05, 0) is 43.3 Å². The molecule has 7 nitrogen and oxygen atoms in total. The summed E-state index contributed by atoms with van der Waals surface area (Å²) < 4.78 is 30.2. The van der Waals surface area contributed by atoms with Gasteiger partial charge >= 0.3 is 5.97 Å². The lowest BCUT2D eigenvalue weighted by molar-refractivity contribution is -0.116. The van der Waals surface area contributed by atoms with Crippen molar-refractivity contribution >= 4 is 56.5 Å². The number of sulfonamides is 1. The van der Waals surface area contributed by atoms with Crippen molar-refractivity contribution in [3.8, 4) is 0 Å². The first kappa shape index (κ1) is 22.0. The molecule has 150 valence electrons. The van der Waals surface area contributed by atoms with E-state index < -0.39 is 27.9 Å². The highest BCUT2D eigenvalue weighted by molar-refractivity contribution is 7.92. The molecule has 0 saturated carbocycles. The van der Waals surface area contributed by atoms with Gasteiger partial charge in [-0.15, -0.1) is 0 Å². The number of nitrogens with one attached hydrogen (secondary N) is 1. The quantitative estimate of drug-likeness (QED) is 0.687. The van der Waals surface area contributed by atoms with Crippen molar-refractivity contribution < 1.29 is 22.7 Å². The van der Waals surface area contributed by atoms with Crippen LogP contribution in [-0.4, -0.2) is 39.7 Å². The maximum absolute atomic E-state index is 12.7. The Morgan fingerprint density at radius 3 is 2.39 bits per heavy atom. The van der Waals surface area contributed by atoms with Crippen LogP contribution < -0.4 is 9.62 Å². The van der Waals surface area contributed by atoms with Crippen LogP contribution in [0.15, 0.2) is 42.5 Å². The molecule has 0 bridgehead atoms. The topological polar surface area (TPSA) is 92.8 Å². The number of rotatable bonds is 6. The van der Waals surface area contributed by atoms with Crippen LogP contribution in [0.5, 0.6) is 0 Å². The van der Waals surface area contributed by atoms with Gasteiger partial charge in [0.05, 0.1) is 35.3 Å². The Hall–Kier alpha value is -2.29. The van der Waals surface area contributed by atoms with E-state index in [1.807, 2.05) is 0 Å². The number of carbonyl (C=O) groups is 2. The molecule has 0 fully saturated rings. The summed E-state index contributed by atoms with van der Waals surface area (Å²) in [5.41, 5.74) is 0.581. The van der Waals surface area contributed by atoms with Gasteiger partial charge in [0.1, 0.15) is 6.04 Å². The number of benzene rings is 2. The number of ether oxygens (including phenoxy) is 1. The molecule has 2 aromatic carbocycles. The summed E-state index contributed by atoms with van der Waals surface area (Å²) in [6.07, 6.45) is 0.989. The van der Waals surface area contributed by atoms with E-state index in [0.717, 1.165) is 10.6 Å². The molecule has 0 radical (unpaired) electrons. The highest BCUT2D eigenvalue weighted by Gasteiger charge is 2.29. The van der Waals surface area contributed by atoms with Crippen LogP contribution in [0.25, 0.3) is 0 Å². The van der Waals surface area contributed by atoms with E-state index in [9.17, 15) is 18.0 Å². The third-order valence-corrected chi connectivity index (χ3v) is 5.60. The molecule has 0 heterocycles. The smallest absolute Gasteiger partial charge is 0.337 e. The molecule has 0 aliphatic heterocycles. The molecule has 2 rings (SSSR count). The third kappa shape index (κ3) is 5.15. The monoisotopic (exact) mass is 444 g/mol. The maximum atomic E-state index is 12.7. The Bertz CT molecular complexity index is 1010. The molecule has 1 unspecified atom stereocenters. The highest BCUT2D eigenvalue weighted by atomic mass is 35.5. The van der Waals surface area contributed by atoms with E-state index in [-0.39, 0.29) is 22.0 Å². The maximum Gasteiger partial charge on any atom is 0.337 e. The van der Waals surface area contributed by atoms with Crippen molar-refractivity contribution in [3.05, 3.63) is 58.1 Å². The molecule has 0 aliphatic carbocycles. The van der Waals surface area contributed by atoms with Gasteiger partial charge in [-0.3, -0.25) is 9.10 Å². The van der Waals surface area contributed by atoms with Crippen LogP contribution in [-0.2, 0) is 19.6 Å². The van der Waals surface area contributed by atoms with E-state index in [0.29, 0.717) is 5.02 Å². The Kier molecular flexibility index (Phi) is 6.92. The van der Waals surface area contributed by atoms with E-state index in [1.54, 1.807) is 12.1 Å². The van der Waals surface area contributed by atoms with Gasteiger partial charge in [0.2, 0.25) is 15.9 Å². The number of hydrogen-bond acceptors (Lipinski definition) is 5. The van der Waals surface area contributed by atoms with E-state index >= 15 is 0 Å². The average molecular weight is 445 g/mol. The van der Waals surface area contributed by atoms with Crippen molar-refractivity contribution in [3.63, 3.8) is 0 Å². The summed E-state index contributed by atoms with van der Waals surface area (Å²) >= 11 is 12.0. The summed E-state index contributed by atoms with van der Waals surface area (Å²) in [6.45, 7) is 1.43. The summed E-state index contributed by atoms with van der Waals surface area (Å²) in [5.74, 6) is -1.24. The van der Waals surface area contributed by atoms with Crippen molar-refractivity contribution in [1.82, 2.24) is 0 Å². The lowest BCUT2D eigenvalue weighted by Crippen LogP contribution is -2.45. The van der Waals surface area contributed by atoms with Crippen LogP contribution in [0.1, 0.15) is 17.3 Å². The van der Waals surface area contributed by atoms with Crippen LogP contribution in [0.3, 0.4) is 0 Å². The van der Waals surface area contributed by atoms with Gasteiger partial charge in [-0.25, -0.2) is 13.2 Å². The first-order valence-electron chi connectivity index (χ1n) is 7.98. The highest BCUT2D eigenvalue weighted by Crippen LogP contribution is 2.27. The summed E-state index contributed by atoms with van der Waals surface area (Å²) in [5, 5.41) is 3.06. The molecular formula is C18H18Cl2N2O5S. The predicted octanol–water partition coefficient (Wildman–Crippen LogP) is 3.57. The minimum Gasteiger partial charge on any atom is -0.465 e. The lowest BCUT2D eigenvalue weighted by atomic mass is 10.2. The zero-order chi connectivity index (χ0) is 21.1. The average Bonchev–Trinajstić information content (AvgIpc) is 2.61. The van der Waals surface area contributed by atoms with Gasteiger partial charge in [-0.1, -0.05) is 29.3 Å². The molecule has 0 spiro atoms. The first-order chi connectivity index (χ1) is 13.0. The molecule has 1 amide bonds. The summed E-state index contributed by atoms with van der Waals surface area (Å²) in [7, 11) is -2.57. The number of methoxy groups -OCH3 is 1. The Morgan fingerprint density at radius 2 is 1.82 bits per heavy atom. The molecule has 0 aliphatic rings. The normalized spacial score (nSPS) is 12.2. The fourth-order valence-corrected chi connectivity index (χ4v) is 4.04. The molecule has 1 N–H and O–H groups in total. The van der Waals surface area contributed by atoms with Crippen LogP contribution in [0, 0.1) is 0 Å². The molecule has 28 heavy (non-hydrogen) atoms. The first-order valence-corrected chi connectivity index (χ1v) is 10.6. The van der Waals surface area contributed by atoms with Crippen molar-refractivity contribution in [1.29, 1.82) is 0 Å². The number of carbonyl (C=O) groups excluding carboxylic acids is 2. The number of halogens is 2. The number of esters is 1. The second kappa shape index (κ2) is 8.81. The minimum atomic E-state index is -3.80. The van der Waals surface area contributed by atoms with Crippen LogP contribution in [0.2, 0.25) is 10.0 Å². The number of nitrogens with zero attached hydrogens (tertiary/aromatic N) is 1. The van der Waals surface area contributed by atoms with Gasteiger partial charge in [0, 0.05) is 5.02 Å². The molecular weight excluding hydrogens is 427 g/mol. The fourth-order valence-electron chi connectivity index (χ4n) is 2.53. The van der Waals surface area contributed by atoms with Gasteiger partial charge in [-0.2, -0.15) is 0 Å². The number of amides is 1. The van der Waals surface area contributed by atoms with Crippen LogP contribution >= 0.6 is 23.2 Å². The molecule has 0 saturated heterocycles. The van der Waals surface area contributed by atoms with E-state index in [4.69, 9.17) is 23.2 Å². The van der Waals surface area contributed by atoms with Crippen molar-refractivity contribution in [2.75, 3.05) is 23.0 Å². The fraction of sp³-hybridized carbons (Fsp3) is 0.222.